The van der Waals surface area contributed by atoms with Crippen LogP contribution < -0.4 is 0 Å². The second-order valence-electron chi connectivity index (χ2n) is 5.93. The van der Waals surface area contributed by atoms with Gasteiger partial charge in [0.15, 0.2) is 0 Å². The zero-order valence-corrected chi connectivity index (χ0v) is 13.6. The average molecular weight is 312 g/mol. The third kappa shape index (κ3) is 2.77. The van der Waals surface area contributed by atoms with E-state index >= 15 is 0 Å². The summed E-state index contributed by atoms with van der Waals surface area (Å²) in [6.45, 7) is 1.19. The van der Waals surface area contributed by atoms with E-state index in [2.05, 4.69) is 30.2 Å². The molecule has 0 aromatic heterocycles. The Balaban J connectivity index is 0.00000147. The molecule has 0 bridgehead atoms. The lowest BCUT2D eigenvalue weighted by Gasteiger charge is -2.49. The van der Waals surface area contributed by atoms with E-state index in [4.69, 9.17) is 11.6 Å². The summed E-state index contributed by atoms with van der Waals surface area (Å²) in [5.74, 6) is 0. The summed E-state index contributed by atoms with van der Waals surface area (Å²) in [5.41, 5.74) is 3.18. The number of benzene rings is 1. The zero-order valence-electron chi connectivity index (χ0n) is 12.1. The Bertz CT molecular complexity index is 472. The van der Waals surface area contributed by atoms with Crippen molar-refractivity contribution in [1.29, 1.82) is 0 Å². The Morgan fingerprint density at radius 3 is 2.35 bits per heavy atom. The molecular weight excluding hydrogens is 289 g/mol. The molecule has 1 aliphatic carbocycles. The fourth-order valence-electron chi connectivity index (χ4n) is 3.82. The number of halogens is 2. The highest BCUT2D eigenvalue weighted by molar-refractivity contribution is 6.30. The molecule has 1 aliphatic heterocycles. The summed E-state index contributed by atoms with van der Waals surface area (Å²) >= 11 is 6.03. The first-order valence-corrected chi connectivity index (χ1v) is 7.78. The molecule has 0 N–H and O–H groups in total. The maximum Gasteiger partial charge on any atom is 0.0460 e. The van der Waals surface area contributed by atoms with Gasteiger partial charge in [0.2, 0.25) is 0 Å². The highest BCUT2D eigenvalue weighted by Crippen LogP contribution is 2.45. The molecule has 0 saturated heterocycles. The van der Waals surface area contributed by atoms with Crippen LogP contribution in [0.5, 0.6) is 0 Å². The topological polar surface area (TPSA) is 3.24 Å². The van der Waals surface area contributed by atoms with Gasteiger partial charge in [-0.1, -0.05) is 49.1 Å². The monoisotopic (exact) mass is 311 g/mol. The predicted molar refractivity (Wildman–Crippen MR) is 89.7 cm³/mol. The van der Waals surface area contributed by atoms with Crippen LogP contribution in [0.15, 0.2) is 30.3 Å². The van der Waals surface area contributed by atoms with Gasteiger partial charge in [0.1, 0.15) is 0 Å². The van der Waals surface area contributed by atoms with Gasteiger partial charge in [-0.05, 0) is 49.6 Å². The molecular formula is C17H23Cl2N. The zero-order chi connectivity index (χ0) is 13.3. The third-order valence-corrected chi connectivity index (χ3v) is 5.13. The third-order valence-electron chi connectivity index (χ3n) is 4.88. The molecule has 1 spiro atoms. The summed E-state index contributed by atoms with van der Waals surface area (Å²) in [4.78, 5) is 2.59. The standard InChI is InChI=1S/C17H22ClN.ClH/c1-19-13-5-6-16(14-7-9-15(18)10-8-14)17(19)11-3-2-4-12-17;/h6-10H,2-5,11-13H2,1H3;1H. The molecule has 1 fully saturated rings. The van der Waals surface area contributed by atoms with Crippen LogP contribution in [0, 0.1) is 0 Å². The van der Waals surface area contributed by atoms with Crippen molar-refractivity contribution in [1.82, 2.24) is 4.90 Å². The lowest BCUT2D eigenvalue weighted by atomic mass is 9.71. The maximum absolute atomic E-state index is 6.03. The van der Waals surface area contributed by atoms with Gasteiger partial charge in [-0.2, -0.15) is 0 Å². The van der Waals surface area contributed by atoms with E-state index < -0.39 is 0 Å². The van der Waals surface area contributed by atoms with Gasteiger partial charge in [0, 0.05) is 17.1 Å². The summed E-state index contributed by atoms with van der Waals surface area (Å²) in [5, 5.41) is 0.825. The normalized spacial score (nSPS) is 22.2. The average Bonchev–Trinajstić information content (AvgIpc) is 2.44. The van der Waals surface area contributed by atoms with E-state index in [9.17, 15) is 0 Å². The lowest BCUT2D eigenvalue weighted by Crippen LogP contribution is -2.50. The van der Waals surface area contributed by atoms with Gasteiger partial charge in [-0.15, -0.1) is 12.4 Å². The molecule has 0 unspecified atom stereocenters. The van der Waals surface area contributed by atoms with E-state index in [1.54, 1.807) is 0 Å². The molecule has 110 valence electrons. The van der Waals surface area contributed by atoms with E-state index in [-0.39, 0.29) is 17.9 Å². The summed E-state index contributed by atoms with van der Waals surface area (Å²) in [6, 6.07) is 8.40. The van der Waals surface area contributed by atoms with Crippen molar-refractivity contribution in [3.8, 4) is 0 Å². The number of rotatable bonds is 1. The van der Waals surface area contributed by atoms with Crippen molar-refractivity contribution >= 4 is 29.6 Å². The fraction of sp³-hybridized carbons (Fsp3) is 0.529. The second-order valence-corrected chi connectivity index (χ2v) is 6.36. The Labute approximate surface area is 133 Å². The molecule has 0 amide bonds. The molecule has 1 heterocycles. The van der Waals surface area contributed by atoms with Crippen LogP contribution in [0.1, 0.15) is 44.1 Å². The van der Waals surface area contributed by atoms with E-state index in [1.807, 2.05) is 12.1 Å². The smallest absolute Gasteiger partial charge is 0.0460 e. The van der Waals surface area contributed by atoms with E-state index in [1.165, 1.54) is 49.8 Å². The highest BCUT2D eigenvalue weighted by atomic mass is 35.5. The van der Waals surface area contributed by atoms with Crippen molar-refractivity contribution in [3.63, 3.8) is 0 Å². The van der Waals surface area contributed by atoms with Crippen molar-refractivity contribution in [2.75, 3.05) is 13.6 Å². The quantitative estimate of drug-likeness (QED) is 0.690. The molecule has 3 rings (SSSR count). The molecule has 1 nitrogen and oxygen atoms in total. The van der Waals surface area contributed by atoms with Crippen LogP contribution in [0.3, 0.4) is 0 Å². The van der Waals surface area contributed by atoms with Crippen molar-refractivity contribution in [2.24, 2.45) is 0 Å². The van der Waals surface area contributed by atoms with Gasteiger partial charge >= 0.3 is 0 Å². The number of likely N-dealkylation sites (N-methyl/N-ethyl adjacent to an activating group) is 1. The van der Waals surface area contributed by atoms with Crippen molar-refractivity contribution in [3.05, 3.63) is 40.9 Å². The fourth-order valence-corrected chi connectivity index (χ4v) is 3.94. The summed E-state index contributed by atoms with van der Waals surface area (Å²) in [6.07, 6.45) is 10.3. The molecule has 3 heteroatoms. The van der Waals surface area contributed by atoms with Crippen molar-refractivity contribution in [2.45, 2.75) is 44.1 Å². The van der Waals surface area contributed by atoms with Crippen LogP contribution in [0.2, 0.25) is 5.02 Å². The van der Waals surface area contributed by atoms with Gasteiger partial charge in [-0.25, -0.2) is 0 Å². The summed E-state index contributed by atoms with van der Waals surface area (Å²) < 4.78 is 0. The lowest BCUT2D eigenvalue weighted by molar-refractivity contribution is 0.125. The SMILES string of the molecule is CN1CCC=C(c2ccc(Cl)cc2)C12CCCCC2.Cl. The number of hydrogen-bond acceptors (Lipinski definition) is 1. The maximum atomic E-state index is 6.03. The first-order valence-electron chi connectivity index (χ1n) is 7.40. The minimum absolute atomic E-state index is 0. The molecule has 0 atom stereocenters. The largest absolute Gasteiger partial charge is 0.296 e. The first-order chi connectivity index (χ1) is 9.22. The molecule has 2 aliphatic rings. The van der Waals surface area contributed by atoms with Crippen LogP contribution in [0.25, 0.3) is 5.57 Å². The molecule has 20 heavy (non-hydrogen) atoms. The van der Waals surface area contributed by atoms with Crippen LogP contribution in [-0.4, -0.2) is 24.0 Å². The molecule has 1 aromatic rings. The summed E-state index contributed by atoms with van der Waals surface area (Å²) in [7, 11) is 2.30. The Morgan fingerprint density at radius 1 is 1.05 bits per heavy atom. The van der Waals surface area contributed by atoms with Gasteiger partial charge in [0.25, 0.3) is 0 Å². The second kappa shape index (κ2) is 6.51. The minimum atomic E-state index is 0. The molecule has 1 saturated carbocycles. The molecule has 1 aromatic carbocycles. The minimum Gasteiger partial charge on any atom is -0.296 e. The first kappa shape index (κ1) is 15.9. The Morgan fingerprint density at radius 2 is 1.70 bits per heavy atom. The Hall–Kier alpha value is -0.500. The highest BCUT2D eigenvalue weighted by Gasteiger charge is 2.41. The van der Waals surface area contributed by atoms with Gasteiger partial charge < -0.3 is 0 Å². The Kier molecular flexibility index (Phi) is 5.17. The van der Waals surface area contributed by atoms with Gasteiger partial charge in [0.05, 0.1) is 0 Å². The predicted octanol–water partition coefficient (Wildman–Crippen LogP) is 5.18. The van der Waals surface area contributed by atoms with E-state index in [0.717, 1.165) is 11.4 Å². The van der Waals surface area contributed by atoms with Crippen molar-refractivity contribution < 1.29 is 0 Å². The number of hydrogen-bond donors (Lipinski definition) is 0. The van der Waals surface area contributed by atoms with Gasteiger partial charge in [-0.3, -0.25) is 4.90 Å². The van der Waals surface area contributed by atoms with Crippen LogP contribution >= 0.6 is 24.0 Å². The van der Waals surface area contributed by atoms with Crippen LogP contribution in [0.4, 0.5) is 0 Å². The van der Waals surface area contributed by atoms with Crippen LogP contribution in [-0.2, 0) is 0 Å². The van der Waals surface area contributed by atoms with E-state index in [0.29, 0.717) is 0 Å². The molecule has 0 radical (unpaired) electrons. The number of nitrogens with zero attached hydrogens (tertiary/aromatic N) is 1.